The lowest BCUT2D eigenvalue weighted by Gasteiger charge is -2.35. The van der Waals surface area contributed by atoms with Gasteiger partial charge in [-0.15, -0.1) is 0 Å². The molecule has 0 N–H and O–H groups in total. The molecule has 3 heteroatoms. The van der Waals surface area contributed by atoms with E-state index in [4.69, 9.17) is 0 Å². The fourth-order valence-electron chi connectivity index (χ4n) is 4.90. The van der Waals surface area contributed by atoms with Crippen molar-refractivity contribution in [2.75, 3.05) is 0 Å². The van der Waals surface area contributed by atoms with Gasteiger partial charge >= 0.3 is 0 Å². The molecule has 1 unspecified atom stereocenters. The molecule has 2 aliphatic carbocycles. The van der Waals surface area contributed by atoms with Gasteiger partial charge in [-0.2, -0.15) is 0 Å². The van der Waals surface area contributed by atoms with Crippen molar-refractivity contribution in [2.45, 2.75) is 95.7 Å². The number of hydrogen-bond donors (Lipinski definition) is 0. The van der Waals surface area contributed by atoms with Crippen molar-refractivity contribution in [1.29, 1.82) is 0 Å². The smallest absolute Gasteiger partial charge is 0.136 e. The molecule has 1 atom stereocenters. The van der Waals surface area contributed by atoms with Gasteiger partial charge in [0, 0.05) is 18.6 Å². The lowest BCUT2D eigenvalue weighted by atomic mass is 9.88. The van der Waals surface area contributed by atoms with Crippen LogP contribution in [0.2, 0.25) is 0 Å². The van der Waals surface area contributed by atoms with Gasteiger partial charge in [0.2, 0.25) is 0 Å². The molecule has 0 bridgehead atoms. The molecule has 162 valence electrons. The zero-order chi connectivity index (χ0) is 21.4. The Balaban J connectivity index is 1.56. The van der Waals surface area contributed by atoms with E-state index in [1.807, 2.05) is 24.3 Å². The highest BCUT2D eigenvalue weighted by Gasteiger charge is 2.50. The Morgan fingerprint density at radius 1 is 0.867 bits per heavy atom. The molecule has 0 saturated heterocycles. The summed E-state index contributed by atoms with van der Waals surface area (Å²) in [4.78, 5) is 2.54. The van der Waals surface area contributed by atoms with Crippen molar-refractivity contribution in [3.05, 3.63) is 70.8 Å². The van der Waals surface area contributed by atoms with E-state index < -0.39 is 11.3 Å². The standard InChI is InChI=1S/C27H35F2N/c1-4-22(30(20(2)3)19-21-9-6-5-7-10-21)13-14-23-24(26(28)15-16-26)11-8-12-25(23)27(29)17-18-27/h5-12,20,22H,4,13-19H2,1-3H3. The Morgan fingerprint density at radius 2 is 1.43 bits per heavy atom. The minimum atomic E-state index is -1.22. The van der Waals surface area contributed by atoms with Gasteiger partial charge in [0.25, 0.3) is 0 Å². The summed E-state index contributed by atoms with van der Waals surface area (Å²) >= 11 is 0. The number of rotatable bonds is 10. The molecule has 2 aromatic rings. The Hall–Kier alpha value is -1.74. The first-order valence-electron chi connectivity index (χ1n) is 11.7. The van der Waals surface area contributed by atoms with Crippen LogP contribution in [0.5, 0.6) is 0 Å². The molecule has 4 rings (SSSR count). The van der Waals surface area contributed by atoms with Crippen LogP contribution in [0.4, 0.5) is 8.78 Å². The molecule has 2 fully saturated rings. The predicted octanol–water partition coefficient (Wildman–Crippen LogP) is 7.23. The Kier molecular flexibility index (Phi) is 6.03. The highest BCUT2D eigenvalue weighted by atomic mass is 19.1. The van der Waals surface area contributed by atoms with E-state index in [1.165, 1.54) is 5.56 Å². The first-order chi connectivity index (χ1) is 14.4. The molecular formula is C27H35F2N. The molecule has 0 aromatic heterocycles. The Morgan fingerprint density at radius 3 is 1.90 bits per heavy atom. The summed E-state index contributed by atoms with van der Waals surface area (Å²) in [7, 11) is 0. The van der Waals surface area contributed by atoms with Gasteiger partial charge in [-0.25, -0.2) is 8.78 Å². The number of nitrogens with zero attached hydrogens (tertiary/aromatic N) is 1. The highest BCUT2D eigenvalue weighted by molar-refractivity contribution is 5.46. The van der Waals surface area contributed by atoms with Crippen molar-refractivity contribution in [3.63, 3.8) is 0 Å². The van der Waals surface area contributed by atoms with E-state index in [9.17, 15) is 0 Å². The fourth-order valence-corrected chi connectivity index (χ4v) is 4.90. The van der Waals surface area contributed by atoms with Gasteiger partial charge in [0.05, 0.1) is 0 Å². The summed E-state index contributed by atoms with van der Waals surface area (Å²) in [6.45, 7) is 7.62. The van der Waals surface area contributed by atoms with Crippen LogP contribution in [-0.4, -0.2) is 17.0 Å². The summed E-state index contributed by atoms with van der Waals surface area (Å²) in [6, 6.07) is 17.0. The van der Waals surface area contributed by atoms with Crippen molar-refractivity contribution in [3.8, 4) is 0 Å². The molecule has 2 aromatic carbocycles. The van der Waals surface area contributed by atoms with Gasteiger partial charge in [-0.05, 0) is 81.0 Å². The van der Waals surface area contributed by atoms with Crippen LogP contribution >= 0.6 is 0 Å². The fraction of sp³-hybridized carbons (Fsp3) is 0.556. The maximum atomic E-state index is 15.1. The zero-order valence-corrected chi connectivity index (χ0v) is 18.6. The highest BCUT2D eigenvalue weighted by Crippen LogP contribution is 2.56. The van der Waals surface area contributed by atoms with E-state index in [1.54, 1.807) is 0 Å². The van der Waals surface area contributed by atoms with Crippen LogP contribution in [0.3, 0.4) is 0 Å². The molecule has 2 aliphatic rings. The second-order valence-electron chi connectivity index (χ2n) is 9.61. The van der Waals surface area contributed by atoms with E-state index in [2.05, 4.69) is 49.9 Å². The van der Waals surface area contributed by atoms with E-state index in [0.717, 1.165) is 42.5 Å². The molecule has 0 radical (unpaired) electrons. The lowest BCUT2D eigenvalue weighted by molar-refractivity contribution is 0.132. The molecule has 30 heavy (non-hydrogen) atoms. The third-order valence-corrected chi connectivity index (χ3v) is 7.06. The average molecular weight is 412 g/mol. The van der Waals surface area contributed by atoms with Crippen LogP contribution in [-0.2, 0) is 24.3 Å². The summed E-state index contributed by atoms with van der Waals surface area (Å²) < 4.78 is 30.3. The van der Waals surface area contributed by atoms with Crippen molar-refractivity contribution >= 4 is 0 Å². The second-order valence-corrected chi connectivity index (χ2v) is 9.61. The van der Waals surface area contributed by atoms with Crippen molar-refractivity contribution < 1.29 is 8.78 Å². The lowest BCUT2D eigenvalue weighted by Crippen LogP contribution is -2.40. The average Bonchev–Trinajstić information content (AvgIpc) is 3.67. The topological polar surface area (TPSA) is 3.24 Å². The third kappa shape index (κ3) is 4.46. The first-order valence-corrected chi connectivity index (χ1v) is 11.7. The predicted molar refractivity (Wildman–Crippen MR) is 120 cm³/mol. The minimum absolute atomic E-state index is 0.385. The molecule has 1 nitrogen and oxygen atoms in total. The zero-order valence-electron chi connectivity index (χ0n) is 18.6. The summed E-state index contributed by atoms with van der Waals surface area (Å²) in [5, 5.41) is 0. The van der Waals surface area contributed by atoms with Crippen molar-refractivity contribution in [1.82, 2.24) is 4.90 Å². The molecule has 0 spiro atoms. The summed E-state index contributed by atoms with van der Waals surface area (Å²) in [5.74, 6) is 0. The monoisotopic (exact) mass is 411 g/mol. The van der Waals surface area contributed by atoms with Gasteiger partial charge < -0.3 is 0 Å². The van der Waals surface area contributed by atoms with Gasteiger partial charge in [0.1, 0.15) is 11.3 Å². The maximum Gasteiger partial charge on any atom is 0.136 e. The first kappa shape index (κ1) is 21.5. The number of alkyl halides is 2. The third-order valence-electron chi connectivity index (χ3n) is 7.06. The van der Waals surface area contributed by atoms with Crippen LogP contribution in [0, 0.1) is 0 Å². The summed E-state index contributed by atoms with van der Waals surface area (Å²) in [6.07, 6.45) is 5.01. The minimum Gasteiger partial charge on any atom is -0.294 e. The molecule has 0 amide bonds. The van der Waals surface area contributed by atoms with Crippen LogP contribution < -0.4 is 0 Å². The van der Waals surface area contributed by atoms with Crippen LogP contribution in [0.25, 0.3) is 0 Å². The number of benzene rings is 2. The SMILES string of the molecule is CCC(CCc1c(C2(F)CC2)cccc1C1(F)CC1)N(Cc1ccccc1)C(C)C. The van der Waals surface area contributed by atoms with Gasteiger partial charge in [-0.3, -0.25) is 4.90 Å². The molecule has 0 heterocycles. The van der Waals surface area contributed by atoms with E-state index in [0.29, 0.717) is 37.8 Å². The van der Waals surface area contributed by atoms with Gasteiger partial charge in [0.15, 0.2) is 0 Å². The van der Waals surface area contributed by atoms with E-state index >= 15 is 8.78 Å². The molecular weight excluding hydrogens is 376 g/mol. The van der Waals surface area contributed by atoms with Crippen LogP contribution in [0.15, 0.2) is 48.5 Å². The quantitative estimate of drug-likeness (QED) is 0.399. The number of halogens is 2. The summed E-state index contributed by atoms with van der Waals surface area (Å²) in [5.41, 5.74) is 1.35. The van der Waals surface area contributed by atoms with Crippen molar-refractivity contribution in [2.24, 2.45) is 0 Å². The van der Waals surface area contributed by atoms with E-state index in [-0.39, 0.29) is 0 Å². The second kappa shape index (κ2) is 8.42. The number of hydrogen-bond acceptors (Lipinski definition) is 1. The normalized spacial score (nSPS) is 19.8. The largest absolute Gasteiger partial charge is 0.294 e. The Labute approximate surface area is 180 Å². The Bertz CT molecular complexity index is 816. The molecule has 0 aliphatic heterocycles. The van der Waals surface area contributed by atoms with Crippen LogP contribution in [0.1, 0.15) is 81.5 Å². The maximum absolute atomic E-state index is 15.1. The molecule has 2 saturated carbocycles. The van der Waals surface area contributed by atoms with Gasteiger partial charge in [-0.1, -0.05) is 55.5 Å².